The number of carbonyl (C=O) groups is 2. The van der Waals surface area contributed by atoms with E-state index in [1.165, 1.54) is 12.1 Å². The van der Waals surface area contributed by atoms with E-state index in [0.717, 1.165) is 11.1 Å². The van der Waals surface area contributed by atoms with E-state index in [-0.39, 0.29) is 31.4 Å². The topological polar surface area (TPSA) is 109 Å². The van der Waals surface area contributed by atoms with E-state index >= 15 is 0 Å². The van der Waals surface area contributed by atoms with Crippen molar-refractivity contribution in [2.45, 2.75) is 31.6 Å². The van der Waals surface area contributed by atoms with Crippen LogP contribution in [0.25, 0.3) is 0 Å². The molecule has 2 aromatic rings. The lowest BCUT2D eigenvalue weighted by atomic mass is 10.0. The second-order valence-electron chi connectivity index (χ2n) is 6.77. The van der Waals surface area contributed by atoms with E-state index in [9.17, 15) is 14.7 Å². The standard InChI is InChI=1S/C21H22ClN3O5/c22-19-11-17(30-25-19)12-23-20(27)18(10-14-6-8-16(26)9-7-14)24-21(28)29-13-15-4-2-1-3-5-15/h1-9,17-18,26H,10-13H2,(H,23,27)(H,24,28)/t17-,18-/m0/s1. The molecule has 158 valence electrons. The van der Waals surface area contributed by atoms with Crippen molar-refractivity contribution in [1.29, 1.82) is 0 Å². The molecule has 0 saturated heterocycles. The number of phenolic OH excluding ortho intramolecular Hbond substituents is 1. The molecule has 2 aromatic carbocycles. The molecule has 1 heterocycles. The van der Waals surface area contributed by atoms with E-state index in [0.29, 0.717) is 11.6 Å². The van der Waals surface area contributed by atoms with E-state index in [4.69, 9.17) is 21.2 Å². The number of oxime groups is 1. The van der Waals surface area contributed by atoms with Crippen molar-refractivity contribution in [2.24, 2.45) is 5.16 Å². The van der Waals surface area contributed by atoms with Crippen molar-refractivity contribution < 1.29 is 24.3 Å². The summed E-state index contributed by atoms with van der Waals surface area (Å²) in [4.78, 5) is 30.1. The largest absolute Gasteiger partial charge is 0.508 e. The third-order valence-electron chi connectivity index (χ3n) is 4.40. The second kappa shape index (κ2) is 10.5. The zero-order chi connectivity index (χ0) is 21.3. The van der Waals surface area contributed by atoms with Gasteiger partial charge in [0.05, 0.1) is 6.54 Å². The molecule has 30 heavy (non-hydrogen) atoms. The van der Waals surface area contributed by atoms with Gasteiger partial charge >= 0.3 is 6.09 Å². The quantitative estimate of drug-likeness (QED) is 0.595. The third kappa shape index (κ3) is 6.66. The molecule has 2 amide bonds. The Morgan fingerprint density at radius 1 is 1.17 bits per heavy atom. The fourth-order valence-corrected chi connectivity index (χ4v) is 3.04. The lowest BCUT2D eigenvalue weighted by Gasteiger charge is -2.19. The van der Waals surface area contributed by atoms with E-state index in [1.807, 2.05) is 30.3 Å². The number of alkyl carbamates (subject to hydrolysis) is 1. The fraction of sp³-hybridized carbons (Fsp3) is 0.286. The molecule has 0 unspecified atom stereocenters. The van der Waals surface area contributed by atoms with Gasteiger partial charge in [0.15, 0.2) is 6.10 Å². The van der Waals surface area contributed by atoms with Gasteiger partial charge in [-0.25, -0.2) is 4.79 Å². The minimum absolute atomic E-state index is 0.0893. The van der Waals surface area contributed by atoms with E-state index in [1.54, 1.807) is 12.1 Å². The summed E-state index contributed by atoms with van der Waals surface area (Å²) in [6, 6.07) is 14.8. The van der Waals surface area contributed by atoms with Crippen molar-refractivity contribution in [3.63, 3.8) is 0 Å². The van der Waals surface area contributed by atoms with Crippen LogP contribution in [-0.4, -0.2) is 41.0 Å². The van der Waals surface area contributed by atoms with Gasteiger partial charge in [-0.05, 0) is 23.3 Å². The molecule has 1 aliphatic rings. The Labute approximate surface area is 178 Å². The molecular weight excluding hydrogens is 410 g/mol. The highest BCUT2D eigenvalue weighted by Gasteiger charge is 2.25. The van der Waals surface area contributed by atoms with Crippen molar-refractivity contribution in [1.82, 2.24) is 10.6 Å². The highest BCUT2D eigenvalue weighted by molar-refractivity contribution is 6.65. The maximum absolute atomic E-state index is 12.7. The van der Waals surface area contributed by atoms with E-state index in [2.05, 4.69) is 15.8 Å². The van der Waals surface area contributed by atoms with Crippen LogP contribution in [0.15, 0.2) is 59.8 Å². The van der Waals surface area contributed by atoms with Crippen LogP contribution in [0.4, 0.5) is 4.79 Å². The Bertz CT molecular complexity index is 889. The normalized spacial score (nSPS) is 16.2. The molecule has 9 heteroatoms. The van der Waals surface area contributed by atoms with Crippen LogP contribution < -0.4 is 10.6 Å². The predicted octanol–water partition coefficient (Wildman–Crippen LogP) is 2.69. The number of carbonyl (C=O) groups excluding carboxylic acids is 2. The average Bonchev–Trinajstić information content (AvgIpc) is 3.17. The number of hydrogen-bond acceptors (Lipinski definition) is 6. The molecule has 3 N–H and O–H groups in total. The van der Waals surface area contributed by atoms with Crippen LogP contribution in [0.5, 0.6) is 5.75 Å². The molecule has 0 fully saturated rings. The maximum atomic E-state index is 12.7. The molecule has 0 saturated carbocycles. The van der Waals surface area contributed by atoms with Crippen LogP contribution in [0.1, 0.15) is 17.5 Å². The lowest BCUT2D eigenvalue weighted by molar-refractivity contribution is -0.123. The SMILES string of the molecule is O=C(N[C@@H](Cc1ccc(O)cc1)C(=O)NC[C@@H]1CC(Cl)=NO1)OCc1ccccc1. The Hall–Kier alpha value is -3.26. The maximum Gasteiger partial charge on any atom is 0.408 e. The molecule has 8 nitrogen and oxygen atoms in total. The van der Waals surface area contributed by atoms with Crippen molar-refractivity contribution in [2.75, 3.05) is 6.54 Å². The first-order valence-corrected chi connectivity index (χ1v) is 9.78. The number of nitrogens with one attached hydrogen (secondary N) is 2. The monoisotopic (exact) mass is 431 g/mol. The fourth-order valence-electron chi connectivity index (χ4n) is 2.83. The number of nitrogens with zero attached hydrogens (tertiary/aromatic N) is 1. The number of halogens is 1. The number of rotatable bonds is 8. The van der Waals surface area contributed by atoms with Gasteiger partial charge in [-0.15, -0.1) is 0 Å². The van der Waals surface area contributed by atoms with Crippen molar-refractivity contribution in [3.8, 4) is 5.75 Å². The second-order valence-corrected chi connectivity index (χ2v) is 7.21. The highest BCUT2D eigenvalue weighted by Crippen LogP contribution is 2.13. The van der Waals surface area contributed by atoms with Gasteiger partial charge in [-0.1, -0.05) is 59.2 Å². The summed E-state index contributed by atoms with van der Waals surface area (Å²) >= 11 is 5.78. The Balaban J connectivity index is 1.58. The average molecular weight is 432 g/mol. The molecule has 3 rings (SSSR count). The number of aromatic hydroxyl groups is 1. The first-order chi connectivity index (χ1) is 14.5. The van der Waals surface area contributed by atoms with Crippen LogP contribution in [0, 0.1) is 0 Å². The van der Waals surface area contributed by atoms with Crippen molar-refractivity contribution >= 4 is 28.8 Å². The summed E-state index contributed by atoms with van der Waals surface area (Å²) in [7, 11) is 0. The smallest absolute Gasteiger partial charge is 0.408 e. The van der Waals surface area contributed by atoms with E-state index < -0.39 is 18.0 Å². The molecular formula is C21H22ClN3O5. The van der Waals surface area contributed by atoms with Crippen molar-refractivity contribution in [3.05, 3.63) is 65.7 Å². The zero-order valence-electron chi connectivity index (χ0n) is 16.1. The van der Waals surface area contributed by atoms with Gasteiger partial charge in [0.1, 0.15) is 23.6 Å². The number of benzene rings is 2. The zero-order valence-corrected chi connectivity index (χ0v) is 16.8. The summed E-state index contributed by atoms with van der Waals surface area (Å²) in [5.74, 6) is -0.281. The Morgan fingerprint density at radius 3 is 2.57 bits per heavy atom. The van der Waals surface area contributed by atoms with Crippen LogP contribution in [0.2, 0.25) is 0 Å². The third-order valence-corrected chi connectivity index (χ3v) is 4.62. The highest BCUT2D eigenvalue weighted by atomic mass is 35.5. The Morgan fingerprint density at radius 2 is 1.90 bits per heavy atom. The van der Waals surface area contributed by atoms with Gasteiger partial charge in [-0.3, -0.25) is 4.79 Å². The number of phenols is 1. The first kappa shape index (κ1) is 21.4. The van der Waals surface area contributed by atoms with Crippen LogP contribution >= 0.6 is 11.6 Å². The molecule has 1 aliphatic heterocycles. The predicted molar refractivity (Wildman–Crippen MR) is 111 cm³/mol. The van der Waals surface area contributed by atoms with Gasteiger partial charge < -0.3 is 25.3 Å². The molecule has 0 spiro atoms. The Kier molecular flexibility index (Phi) is 7.51. The summed E-state index contributed by atoms with van der Waals surface area (Å²) in [6.07, 6.45) is -0.422. The number of hydrogen-bond donors (Lipinski definition) is 3. The number of amides is 2. The molecule has 0 aliphatic carbocycles. The lowest BCUT2D eigenvalue weighted by Crippen LogP contribution is -2.49. The van der Waals surface area contributed by atoms with Gasteiger partial charge in [0.2, 0.25) is 5.91 Å². The molecule has 0 radical (unpaired) electrons. The molecule has 0 bridgehead atoms. The van der Waals surface area contributed by atoms with Gasteiger partial charge in [-0.2, -0.15) is 0 Å². The van der Waals surface area contributed by atoms with Crippen LogP contribution in [0.3, 0.4) is 0 Å². The van der Waals surface area contributed by atoms with Crippen LogP contribution in [-0.2, 0) is 27.4 Å². The minimum Gasteiger partial charge on any atom is -0.508 e. The summed E-state index contributed by atoms with van der Waals surface area (Å²) in [5.41, 5.74) is 1.60. The van der Waals surface area contributed by atoms with Gasteiger partial charge in [0, 0.05) is 12.8 Å². The number of ether oxygens (including phenoxy) is 1. The summed E-state index contributed by atoms with van der Waals surface area (Å²) < 4.78 is 5.23. The minimum atomic E-state index is -0.879. The molecule has 2 atom stereocenters. The molecule has 0 aromatic heterocycles. The van der Waals surface area contributed by atoms with Gasteiger partial charge in [0.25, 0.3) is 0 Å². The summed E-state index contributed by atoms with van der Waals surface area (Å²) in [6.45, 7) is 0.289. The summed E-state index contributed by atoms with van der Waals surface area (Å²) in [5, 5.41) is 18.8. The first-order valence-electron chi connectivity index (χ1n) is 9.40.